The molecule has 1 aromatic rings. The number of rotatable bonds is 3. The van der Waals surface area contributed by atoms with Crippen molar-refractivity contribution in [1.29, 1.82) is 0 Å². The van der Waals surface area contributed by atoms with Crippen molar-refractivity contribution in [2.24, 2.45) is 0 Å². The first-order valence-corrected chi connectivity index (χ1v) is 10.0. The zero-order valence-electron chi connectivity index (χ0n) is 13.3. The molecule has 0 aromatic carbocycles. The van der Waals surface area contributed by atoms with Gasteiger partial charge in [-0.2, -0.15) is 0 Å². The topological polar surface area (TPSA) is 88.2 Å². The summed E-state index contributed by atoms with van der Waals surface area (Å²) in [4.78, 5) is 16.5. The fourth-order valence-corrected chi connectivity index (χ4v) is 4.95. The van der Waals surface area contributed by atoms with E-state index in [4.69, 9.17) is 0 Å². The zero-order chi connectivity index (χ0) is 16.5. The molecule has 0 radical (unpaired) electrons. The normalized spacial score (nSPS) is 22.3. The molecule has 0 aliphatic carbocycles. The molecule has 0 bridgehead atoms. The van der Waals surface area contributed by atoms with E-state index in [1.807, 2.05) is 12.3 Å². The summed E-state index contributed by atoms with van der Waals surface area (Å²) in [5, 5.41) is 8.39. The van der Waals surface area contributed by atoms with Crippen LogP contribution in [0.15, 0.2) is 5.38 Å². The van der Waals surface area contributed by atoms with Gasteiger partial charge < -0.3 is 10.6 Å². The van der Waals surface area contributed by atoms with Crippen LogP contribution in [0.2, 0.25) is 0 Å². The highest BCUT2D eigenvalue weighted by atomic mass is 32.2. The molecule has 2 rings (SSSR count). The van der Waals surface area contributed by atoms with E-state index >= 15 is 0 Å². The number of sulfone groups is 1. The Morgan fingerprint density at radius 1 is 1.45 bits per heavy atom. The molecule has 1 fully saturated rings. The van der Waals surface area contributed by atoms with Crippen molar-refractivity contribution in [2.75, 3.05) is 11.5 Å². The van der Waals surface area contributed by atoms with E-state index in [1.54, 1.807) is 0 Å². The van der Waals surface area contributed by atoms with Gasteiger partial charge in [0.15, 0.2) is 9.84 Å². The number of carbonyl (C=O) groups is 1. The van der Waals surface area contributed by atoms with Gasteiger partial charge in [0.25, 0.3) is 0 Å². The van der Waals surface area contributed by atoms with Crippen LogP contribution in [0.25, 0.3) is 0 Å². The van der Waals surface area contributed by atoms with Crippen molar-refractivity contribution >= 4 is 27.2 Å². The van der Waals surface area contributed by atoms with Crippen LogP contribution in [0, 0.1) is 0 Å². The maximum absolute atomic E-state index is 12.0. The second kappa shape index (κ2) is 6.16. The molecule has 22 heavy (non-hydrogen) atoms. The number of urea groups is 1. The van der Waals surface area contributed by atoms with Gasteiger partial charge in [0.05, 0.1) is 23.2 Å². The number of thiazole rings is 1. The highest BCUT2D eigenvalue weighted by Crippen LogP contribution is 2.26. The predicted octanol–water partition coefficient (Wildman–Crippen LogP) is 1.99. The van der Waals surface area contributed by atoms with E-state index in [0.717, 1.165) is 10.7 Å². The van der Waals surface area contributed by atoms with Crippen molar-refractivity contribution in [2.45, 2.75) is 51.6 Å². The Bertz CT molecular complexity index is 647. The predicted molar refractivity (Wildman–Crippen MR) is 88.0 cm³/mol. The molecule has 1 aliphatic rings. The lowest BCUT2D eigenvalue weighted by atomic mass is 9.93. The monoisotopic (exact) mass is 345 g/mol. The Hall–Kier alpha value is -1.15. The summed E-state index contributed by atoms with van der Waals surface area (Å²) < 4.78 is 22.8. The number of nitrogens with one attached hydrogen (secondary N) is 2. The smallest absolute Gasteiger partial charge is 0.315 e. The molecular formula is C14H23N3O3S2. The summed E-state index contributed by atoms with van der Waals surface area (Å²) in [5.41, 5.74) is 0.984. The summed E-state index contributed by atoms with van der Waals surface area (Å²) in [6.45, 7) is 8.15. The SMILES string of the molecule is C[C@H](NC(=O)N[C@@H]1CCS(=O)(=O)C1)c1nc(C(C)(C)C)cs1. The standard InChI is InChI=1S/C14H23N3O3S2/c1-9(12-17-11(7-21-12)14(2,3)4)15-13(18)16-10-5-6-22(19,20)8-10/h7,9-10H,5-6,8H2,1-4H3,(H2,15,16,18)/t9-,10+/m0/s1. The Kier molecular flexibility index (Phi) is 4.81. The van der Waals surface area contributed by atoms with Crippen molar-refractivity contribution in [1.82, 2.24) is 15.6 Å². The summed E-state index contributed by atoms with van der Waals surface area (Å²) >= 11 is 1.52. The molecule has 1 saturated heterocycles. The van der Waals surface area contributed by atoms with Gasteiger partial charge in [0.1, 0.15) is 5.01 Å². The number of carbonyl (C=O) groups excluding carboxylic acids is 1. The van der Waals surface area contributed by atoms with Gasteiger partial charge in [0.2, 0.25) is 0 Å². The first-order valence-electron chi connectivity index (χ1n) is 7.30. The third kappa shape index (κ3) is 4.42. The first-order chi connectivity index (χ1) is 10.1. The molecule has 0 saturated carbocycles. The second-order valence-electron chi connectivity index (χ2n) is 6.76. The first kappa shape index (κ1) is 17.2. The molecule has 2 atom stereocenters. The quantitative estimate of drug-likeness (QED) is 0.877. The zero-order valence-corrected chi connectivity index (χ0v) is 15.0. The lowest BCUT2D eigenvalue weighted by Gasteiger charge is -2.16. The van der Waals surface area contributed by atoms with Crippen LogP contribution in [-0.4, -0.2) is 37.0 Å². The number of hydrogen-bond acceptors (Lipinski definition) is 5. The van der Waals surface area contributed by atoms with Crippen LogP contribution in [-0.2, 0) is 15.3 Å². The average Bonchev–Trinajstić information content (AvgIpc) is 2.95. The van der Waals surface area contributed by atoms with Crippen molar-refractivity contribution in [3.63, 3.8) is 0 Å². The van der Waals surface area contributed by atoms with E-state index < -0.39 is 9.84 Å². The fraction of sp³-hybridized carbons (Fsp3) is 0.714. The molecule has 124 valence electrons. The van der Waals surface area contributed by atoms with Crippen LogP contribution in [0.4, 0.5) is 4.79 Å². The molecule has 6 nitrogen and oxygen atoms in total. The molecule has 8 heteroatoms. The molecule has 2 N–H and O–H groups in total. The van der Waals surface area contributed by atoms with Crippen molar-refractivity contribution in [3.8, 4) is 0 Å². The average molecular weight is 345 g/mol. The number of aromatic nitrogens is 1. The summed E-state index contributed by atoms with van der Waals surface area (Å²) in [5.74, 6) is 0.176. The van der Waals surface area contributed by atoms with E-state index in [0.29, 0.717) is 6.42 Å². The summed E-state index contributed by atoms with van der Waals surface area (Å²) in [6, 6.07) is -0.847. The molecule has 1 aromatic heterocycles. The van der Waals surface area contributed by atoms with Gasteiger partial charge in [-0.1, -0.05) is 20.8 Å². The molecule has 2 heterocycles. The van der Waals surface area contributed by atoms with Crippen LogP contribution in [0.1, 0.15) is 50.9 Å². The van der Waals surface area contributed by atoms with Crippen LogP contribution in [0.5, 0.6) is 0 Å². The van der Waals surface area contributed by atoms with Crippen LogP contribution < -0.4 is 10.6 Å². The number of nitrogens with zero attached hydrogens (tertiary/aromatic N) is 1. The van der Waals surface area contributed by atoms with Gasteiger partial charge in [-0.15, -0.1) is 11.3 Å². The summed E-state index contributed by atoms with van der Waals surface area (Å²) in [7, 11) is -2.99. The Labute approximate surface area is 135 Å². The molecule has 0 unspecified atom stereocenters. The second-order valence-corrected chi connectivity index (χ2v) is 9.88. The minimum Gasteiger partial charge on any atom is -0.334 e. The minimum absolute atomic E-state index is 0.0189. The third-order valence-electron chi connectivity index (χ3n) is 3.58. The van der Waals surface area contributed by atoms with Crippen molar-refractivity contribution in [3.05, 3.63) is 16.1 Å². The maximum Gasteiger partial charge on any atom is 0.315 e. The Morgan fingerprint density at radius 2 is 2.14 bits per heavy atom. The number of hydrogen-bond donors (Lipinski definition) is 2. The van der Waals surface area contributed by atoms with Crippen LogP contribution >= 0.6 is 11.3 Å². The van der Waals surface area contributed by atoms with Crippen LogP contribution in [0.3, 0.4) is 0 Å². The largest absolute Gasteiger partial charge is 0.334 e. The summed E-state index contributed by atoms with van der Waals surface area (Å²) in [6.07, 6.45) is 0.482. The third-order valence-corrected chi connectivity index (χ3v) is 6.37. The highest BCUT2D eigenvalue weighted by molar-refractivity contribution is 7.91. The minimum atomic E-state index is -2.99. The van der Waals surface area contributed by atoms with Gasteiger partial charge >= 0.3 is 6.03 Å². The highest BCUT2D eigenvalue weighted by Gasteiger charge is 2.29. The van der Waals surface area contributed by atoms with Crippen molar-refractivity contribution < 1.29 is 13.2 Å². The molecule has 2 amide bonds. The Morgan fingerprint density at radius 3 is 2.64 bits per heavy atom. The van der Waals surface area contributed by atoms with Gasteiger partial charge in [-0.25, -0.2) is 18.2 Å². The van der Waals surface area contributed by atoms with Gasteiger partial charge in [-0.05, 0) is 13.3 Å². The maximum atomic E-state index is 12.0. The van der Waals surface area contributed by atoms with E-state index in [2.05, 4.69) is 36.4 Å². The lowest BCUT2D eigenvalue weighted by Crippen LogP contribution is -2.43. The van der Waals surface area contributed by atoms with E-state index in [-0.39, 0.29) is 35.0 Å². The molecular weight excluding hydrogens is 322 g/mol. The van der Waals surface area contributed by atoms with E-state index in [9.17, 15) is 13.2 Å². The van der Waals surface area contributed by atoms with Gasteiger partial charge in [0, 0.05) is 16.8 Å². The Balaban J connectivity index is 1.90. The number of amides is 2. The lowest BCUT2D eigenvalue weighted by molar-refractivity contribution is 0.235. The fourth-order valence-electron chi connectivity index (χ4n) is 2.23. The molecule has 0 spiro atoms. The van der Waals surface area contributed by atoms with Gasteiger partial charge in [-0.3, -0.25) is 0 Å². The molecule has 1 aliphatic heterocycles. The van der Waals surface area contributed by atoms with E-state index in [1.165, 1.54) is 11.3 Å².